The number of benzene rings is 1. The van der Waals surface area contributed by atoms with Gasteiger partial charge in [-0.15, -0.1) is 0 Å². The maximum atomic E-state index is 4.26. The molecule has 0 radical (unpaired) electrons. The van der Waals surface area contributed by atoms with E-state index in [1.165, 1.54) is 21.7 Å². The molecule has 1 nitrogen and oxygen atoms in total. The molecule has 0 saturated carbocycles. The van der Waals surface area contributed by atoms with Crippen LogP contribution in [0.3, 0.4) is 0 Å². The van der Waals surface area contributed by atoms with E-state index in [-0.39, 0.29) is 5.41 Å². The second-order valence-corrected chi connectivity index (χ2v) is 5.76. The summed E-state index contributed by atoms with van der Waals surface area (Å²) in [6.07, 6.45) is 0. The molecule has 0 atom stereocenters. The smallest absolute Gasteiger partial charge is 0.0376 e. The molecule has 2 rings (SSSR count). The molecule has 0 saturated heterocycles. The van der Waals surface area contributed by atoms with Crippen molar-refractivity contribution in [2.24, 2.45) is 5.41 Å². The van der Waals surface area contributed by atoms with Crippen molar-refractivity contribution in [2.75, 3.05) is 7.05 Å². The van der Waals surface area contributed by atoms with Crippen molar-refractivity contribution < 1.29 is 0 Å². The highest BCUT2D eigenvalue weighted by molar-refractivity contribution is 5.72. The third-order valence-electron chi connectivity index (χ3n) is 3.53. The fourth-order valence-electron chi connectivity index (χ4n) is 2.56. The maximum Gasteiger partial charge on any atom is 0.0376 e. The SMILES string of the molecule is C=C1C(C(C)(C)C)=c2ccccc2=C(C)N1C. The van der Waals surface area contributed by atoms with Gasteiger partial charge in [0.25, 0.3) is 0 Å². The Kier molecular flexibility index (Phi) is 2.65. The Labute approximate surface area is 104 Å². The fraction of sp³-hybridized carbons (Fsp3) is 0.375. The summed E-state index contributed by atoms with van der Waals surface area (Å²) < 4.78 is 0. The number of rotatable bonds is 0. The second kappa shape index (κ2) is 3.76. The third-order valence-corrected chi connectivity index (χ3v) is 3.53. The van der Waals surface area contributed by atoms with Gasteiger partial charge in [-0.25, -0.2) is 0 Å². The molecule has 0 bridgehead atoms. The molecule has 0 unspecified atom stereocenters. The predicted molar refractivity (Wildman–Crippen MR) is 74.5 cm³/mol. The van der Waals surface area contributed by atoms with Crippen LogP contribution >= 0.6 is 0 Å². The van der Waals surface area contributed by atoms with E-state index >= 15 is 0 Å². The molecule has 0 aromatic heterocycles. The van der Waals surface area contributed by atoms with Gasteiger partial charge in [0, 0.05) is 23.7 Å². The van der Waals surface area contributed by atoms with E-state index < -0.39 is 0 Å². The number of fused-ring (bicyclic) bond motifs is 1. The molecule has 1 aromatic carbocycles. The van der Waals surface area contributed by atoms with Crippen LogP contribution in [0, 0.1) is 5.41 Å². The van der Waals surface area contributed by atoms with E-state index in [1.807, 2.05) is 0 Å². The summed E-state index contributed by atoms with van der Waals surface area (Å²) in [6, 6.07) is 8.61. The van der Waals surface area contributed by atoms with E-state index in [4.69, 9.17) is 0 Å². The van der Waals surface area contributed by atoms with Gasteiger partial charge in [-0.1, -0.05) is 51.6 Å². The standard InChI is InChI=1S/C16H21N/c1-11-13-9-7-8-10-14(13)15(16(3,4)5)12(2)17(11)6/h7-10H,2H2,1,3-6H3. The minimum Gasteiger partial charge on any atom is -0.348 e. The first-order valence-electron chi connectivity index (χ1n) is 6.08. The van der Waals surface area contributed by atoms with Crippen molar-refractivity contribution in [1.29, 1.82) is 0 Å². The molecule has 1 aliphatic heterocycles. The molecular formula is C16H21N. The Morgan fingerprint density at radius 2 is 1.59 bits per heavy atom. The first-order valence-corrected chi connectivity index (χ1v) is 6.08. The summed E-state index contributed by atoms with van der Waals surface area (Å²) >= 11 is 0. The van der Waals surface area contributed by atoms with Crippen LogP contribution in [0.15, 0.2) is 36.5 Å². The van der Waals surface area contributed by atoms with Crippen LogP contribution in [-0.4, -0.2) is 11.9 Å². The zero-order valence-corrected chi connectivity index (χ0v) is 11.5. The van der Waals surface area contributed by atoms with E-state index in [0.717, 1.165) is 5.70 Å². The van der Waals surface area contributed by atoms with Gasteiger partial charge < -0.3 is 4.90 Å². The Hall–Kier alpha value is -1.50. The van der Waals surface area contributed by atoms with Crippen molar-refractivity contribution in [1.82, 2.24) is 4.90 Å². The molecule has 1 aromatic rings. The topological polar surface area (TPSA) is 3.24 Å². The average Bonchev–Trinajstić information content (AvgIpc) is 2.24. The van der Waals surface area contributed by atoms with Crippen LogP contribution in [0.4, 0.5) is 0 Å². The fourth-order valence-corrected chi connectivity index (χ4v) is 2.56. The van der Waals surface area contributed by atoms with Crippen LogP contribution in [-0.2, 0) is 0 Å². The van der Waals surface area contributed by atoms with E-state index in [9.17, 15) is 0 Å². The minimum atomic E-state index is 0.113. The molecule has 0 N–H and O–H groups in total. The van der Waals surface area contributed by atoms with Crippen molar-refractivity contribution in [3.8, 4) is 0 Å². The average molecular weight is 227 g/mol. The number of hydrogen-bond acceptors (Lipinski definition) is 1. The summed E-state index contributed by atoms with van der Waals surface area (Å²) in [6.45, 7) is 13.2. The lowest BCUT2D eigenvalue weighted by atomic mass is 9.81. The summed E-state index contributed by atoms with van der Waals surface area (Å²) in [4.78, 5) is 2.20. The number of allylic oxidation sites excluding steroid dienone is 1. The molecule has 17 heavy (non-hydrogen) atoms. The number of nitrogens with zero attached hydrogens (tertiary/aromatic N) is 1. The molecule has 1 heterocycles. The van der Waals surface area contributed by atoms with Crippen LogP contribution in [0.1, 0.15) is 27.7 Å². The molecule has 0 spiro atoms. The van der Waals surface area contributed by atoms with Gasteiger partial charge in [-0.3, -0.25) is 0 Å². The minimum absolute atomic E-state index is 0.113. The molecule has 1 heteroatoms. The lowest BCUT2D eigenvalue weighted by Crippen LogP contribution is -2.42. The molecule has 0 aliphatic carbocycles. The van der Waals surface area contributed by atoms with Crippen LogP contribution in [0.25, 0.3) is 11.3 Å². The Morgan fingerprint density at radius 3 is 2.12 bits per heavy atom. The van der Waals surface area contributed by atoms with Crippen LogP contribution in [0.5, 0.6) is 0 Å². The number of hydrogen-bond donors (Lipinski definition) is 0. The molecule has 90 valence electrons. The van der Waals surface area contributed by atoms with Gasteiger partial charge in [0.15, 0.2) is 0 Å². The maximum absolute atomic E-state index is 4.26. The lowest BCUT2D eigenvalue weighted by Gasteiger charge is -2.34. The van der Waals surface area contributed by atoms with Crippen LogP contribution in [0.2, 0.25) is 0 Å². The lowest BCUT2D eigenvalue weighted by molar-refractivity contribution is 0.517. The van der Waals surface area contributed by atoms with E-state index in [1.54, 1.807) is 0 Å². The van der Waals surface area contributed by atoms with Gasteiger partial charge in [-0.2, -0.15) is 0 Å². The van der Waals surface area contributed by atoms with Crippen molar-refractivity contribution in [2.45, 2.75) is 27.7 Å². The van der Waals surface area contributed by atoms with Crippen LogP contribution < -0.4 is 10.4 Å². The largest absolute Gasteiger partial charge is 0.348 e. The second-order valence-electron chi connectivity index (χ2n) is 5.76. The normalized spacial score (nSPS) is 16.3. The van der Waals surface area contributed by atoms with E-state index in [0.29, 0.717) is 0 Å². The zero-order valence-electron chi connectivity index (χ0n) is 11.5. The highest BCUT2D eigenvalue weighted by Gasteiger charge is 2.26. The van der Waals surface area contributed by atoms with Gasteiger partial charge in [0.1, 0.15) is 0 Å². The monoisotopic (exact) mass is 227 g/mol. The molecular weight excluding hydrogens is 206 g/mol. The van der Waals surface area contributed by atoms with Gasteiger partial charge in [-0.05, 0) is 23.1 Å². The predicted octanol–water partition coefficient (Wildman–Crippen LogP) is 2.47. The molecule has 1 aliphatic rings. The zero-order chi connectivity index (χ0) is 12.8. The Bertz CT molecular complexity index is 585. The summed E-state index contributed by atoms with van der Waals surface area (Å²) in [7, 11) is 2.10. The first-order chi connectivity index (χ1) is 7.84. The Balaban J connectivity index is 2.99. The van der Waals surface area contributed by atoms with E-state index in [2.05, 4.69) is 70.5 Å². The van der Waals surface area contributed by atoms with Crippen molar-refractivity contribution >= 4 is 11.3 Å². The van der Waals surface area contributed by atoms with Gasteiger partial charge in [0.2, 0.25) is 0 Å². The molecule has 0 fully saturated rings. The summed E-state index contributed by atoms with van der Waals surface area (Å²) in [5.41, 5.74) is 3.86. The van der Waals surface area contributed by atoms with Gasteiger partial charge >= 0.3 is 0 Å². The summed E-state index contributed by atoms with van der Waals surface area (Å²) in [5, 5.41) is 2.66. The quantitative estimate of drug-likeness (QED) is 0.658. The molecule has 0 amide bonds. The highest BCUT2D eigenvalue weighted by Crippen LogP contribution is 2.34. The summed E-state index contributed by atoms with van der Waals surface area (Å²) in [5.74, 6) is 0. The van der Waals surface area contributed by atoms with Gasteiger partial charge in [0.05, 0.1) is 0 Å². The highest BCUT2D eigenvalue weighted by atomic mass is 15.1. The third kappa shape index (κ3) is 1.80. The Morgan fingerprint density at radius 1 is 1.06 bits per heavy atom. The van der Waals surface area contributed by atoms with Crippen molar-refractivity contribution in [3.05, 3.63) is 47.0 Å². The first kappa shape index (κ1) is 12.0. The van der Waals surface area contributed by atoms with Crippen molar-refractivity contribution in [3.63, 3.8) is 0 Å².